The summed E-state index contributed by atoms with van der Waals surface area (Å²) >= 11 is 18.6. The second-order valence-corrected chi connectivity index (χ2v) is 11.2. The fraction of sp³-hybridized carbons (Fsp3) is 0.176. The maximum Gasteiger partial charge on any atom is 0.343 e. The third-order valence-electron chi connectivity index (χ3n) is 6.91. The highest BCUT2D eigenvalue weighted by molar-refractivity contribution is 6.37. The Hall–Kier alpha value is -4.55. The van der Waals surface area contributed by atoms with Gasteiger partial charge in [0.05, 0.1) is 35.2 Å². The molecule has 2 N–H and O–H groups in total. The van der Waals surface area contributed by atoms with Crippen molar-refractivity contribution in [2.75, 3.05) is 13.7 Å². The average Bonchev–Trinajstić information content (AvgIpc) is 3.03. The lowest BCUT2D eigenvalue weighted by Gasteiger charge is -2.27. The number of esters is 1. The lowest BCUT2D eigenvalue weighted by molar-refractivity contribution is 0.0734. The highest BCUT2D eigenvalue weighted by Crippen LogP contribution is 2.45. The number of carbonyl (C=O) groups excluding carboxylic acids is 1. The topological polar surface area (TPSA) is 113 Å². The number of allylic oxidation sites excluding steroid dienone is 1. The van der Waals surface area contributed by atoms with Gasteiger partial charge in [0.2, 0.25) is 5.88 Å². The van der Waals surface area contributed by atoms with Crippen LogP contribution in [0.2, 0.25) is 15.1 Å². The van der Waals surface area contributed by atoms with Crippen LogP contribution in [0.15, 0.2) is 84.3 Å². The number of ether oxygens (including phenoxy) is 5. The molecule has 1 atom stereocenters. The Balaban J connectivity index is 1.40. The Morgan fingerprint density at radius 1 is 0.956 bits per heavy atom. The molecule has 1 heterocycles. The van der Waals surface area contributed by atoms with E-state index in [2.05, 4.69) is 6.07 Å². The van der Waals surface area contributed by atoms with Gasteiger partial charge in [-0.2, -0.15) is 5.26 Å². The van der Waals surface area contributed by atoms with Crippen molar-refractivity contribution in [3.05, 3.63) is 122 Å². The summed E-state index contributed by atoms with van der Waals surface area (Å²) in [5.74, 6) is 0.464. The largest absolute Gasteiger partial charge is 0.493 e. The molecule has 11 heteroatoms. The van der Waals surface area contributed by atoms with Crippen molar-refractivity contribution in [2.24, 2.45) is 5.73 Å². The predicted octanol–water partition coefficient (Wildman–Crippen LogP) is 8.46. The zero-order valence-corrected chi connectivity index (χ0v) is 26.5. The molecule has 45 heavy (non-hydrogen) atoms. The highest BCUT2D eigenvalue weighted by atomic mass is 35.5. The van der Waals surface area contributed by atoms with Crippen molar-refractivity contribution in [1.29, 1.82) is 5.26 Å². The van der Waals surface area contributed by atoms with Crippen LogP contribution in [-0.2, 0) is 6.61 Å². The molecule has 4 aromatic carbocycles. The quantitative estimate of drug-likeness (QED) is 0.133. The van der Waals surface area contributed by atoms with Gasteiger partial charge in [0, 0.05) is 16.7 Å². The second-order valence-electron chi connectivity index (χ2n) is 9.96. The molecule has 1 aliphatic heterocycles. The molecule has 0 radical (unpaired) electrons. The highest BCUT2D eigenvalue weighted by Gasteiger charge is 2.32. The number of nitrogens with two attached hydrogens (primary N) is 1. The van der Waals surface area contributed by atoms with Gasteiger partial charge in [-0.25, -0.2) is 4.79 Å². The van der Waals surface area contributed by atoms with Crippen LogP contribution in [0.1, 0.15) is 46.3 Å². The summed E-state index contributed by atoms with van der Waals surface area (Å²) < 4.78 is 28.6. The molecule has 0 amide bonds. The summed E-state index contributed by atoms with van der Waals surface area (Å²) in [7, 11) is 1.54. The van der Waals surface area contributed by atoms with Crippen molar-refractivity contribution in [1.82, 2.24) is 0 Å². The summed E-state index contributed by atoms with van der Waals surface area (Å²) in [6, 6.07) is 22.6. The van der Waals surface area contributed by atoms with Crippen LogP contribution in [0, 0.1) is 11.3 Å². The molecule has 5 rings (SSSR count). The van der Waals surface area contributed by atoms with Gasteiger partial charge >= 0.3 is 5.97 Å². The number of benzene rings is 4. The first-order chi connectivity index (χ1) is 21.7. The normalized spacial score (nSPS) is 13.7. The van der Waals surface area contributed by atoms with E-state index in [9.17, 15) is 10.1 Å². The minimum atomic E-state index is -0.687. The van der Waals surface area contributed by atoms with E-state index in [4.69, 9.17) is 64.2 Å². The summed E-state index contributed by atoms with van der Waals surface area (Å²) in [5, 5.41) is 11.0. The third kappa shape index (κ3) is 7.07. The molecule has 0 saturated carbocycles. The number of nitriles is 1. The van der Waals surface area contributed by atoms with E-state index in [-0.39, 0.29) is 32.8 Å². The number of hydrogen-bond donors (Lipinski definition) is 1. The van der Waals surface area contributed by atoms with Crippen LogP contribution in [0.3, 0.4) is 0 Å². The maximum atomic E-state index is 13.0. The fourth-order valence-corrected chi connectivity index (χ4v) is 5.47. The van der Waals surface area contributed by atoms with Crippen LogP contribution in [0.4, 0.5) is 0 Å². The molecule has 0 fully saturated rings. The zero-order chi connectivity index (χ0) is 32.1. The molecule has 1 aliphatic rings. The predicted molar refractivity (Wildman–Crippen MR) is 172 cm³/mol. The van der Waals surface area contributed by atoms with Crippen LogP contribution in [-0.4, -0.2) is 19.7 Å². The van der Waals surface area contributed by atoms with E-state index in [1.165, 1.54) is 25.3 Å². The molecule has 0 aromatic heterocycles. The van der Waals surface area contributed by atoms with Gasteiger partial charge in [-0.15, -0.1) is 0 Å². The van der Waals surface area contributed by atoms with Crippen LogP contribution < -0.4 is 29.4 Å². The Kier molecular flexibility index (Phi) is 9.94. The molecule has 8 nitrogen and oxygen atoms in total. The van der Waals surface area contributed by atoms with E-state index >= 15 is 0 Å². The minimum absolute atomic E-state index is 0.0678. The van der Waals surface area contributed by atoms with Crippen LogP contribution in [0.5, 0.6) is 28.7 Å². The molecular formula is C34H27Cl3N2O6. The maximum absolute atomic E-state index is 13.0. The Morgan fingerprint density at radius 3 is 2.36 bits per heavy atom. The first-order valence-electron chi connectivity index (χ1n) is 13.8. The summed E-state index contributed by atoms with van der Waals surface area (Å²) in [6.45, 7) is 2.69. The van der Waals surface area contributed by atoms with Crippen LogP contribution >= 0.6 is 34.8 Å². The molecule has 0 spiro atoms. The molecule has 230 valence electrons. The number of nitrogens with zero attached hydrogens (tertiary/aromatic N) is 1. The lowest BCUT2D eigenvalue weighted by Crippen LogP contribution is -2.21. The number of rotatable bonds is 10. The van der Waals surface area contributed by atoms with E-state index in [0.717, 1.165) is 12.0 Å². The van der Waals surface area contributed by atoms with Crippen molar-refractivity contribution >= 4 is 40.8 Å². The summed E-state index contributed by atoms with van der Waals surface area (Å²) in [6.07, 6.45) is 0.770. The van der Waals surface area contributed by atoms with Gasteiger partial charge in [0.25, 0.3) is 0 Å². The summed E-state index contributed by atoms with van der Waals surface area (Å²) in [5.41, 5.74) is 8.86. The SMILES string of the molecule is CCCOc1c(Cl)cc(C(=O)Oc2ccc3c(c2)OC(N)=C(C#N)C3c2ccc(OCc3ccc(Cl)cc3)c(OC)c2)cc1Cl. The molecule has 4 aromatic rings. The van der Waals surface area contributed by atoms with Gasteiger partial charge in [-0.05, 0) is 60.0 Å². The standard InChI is InChI=1S/C34H27Cl3N2O6/c1-3-12-42-32-26(36)13-21(14-27(32)37)34(40)44-23-9-10-24-29(16-23)45-33(39)25(17-38)31(24)20-6-11-28(30(15-20)41-2)43-18-19-4-7-22(35)8-5-19/h4-11,13-16,31H,3,12,18,39H2,1-2H3. The monoisotopic (exact) mass is 664 g/mol. The summed E-state index contributed by atoms with van der Waals surface area (Å²) in [4.78, 5) is 13.0. The van der Waals surface area contributed by atoms with Crippen molar-refractivity contribution < 1.29 is 28.5 Å². The number of fused-ring (bicyclic) bond motifs is 1. The van der Waals surface area contributed by atoms with Gasteiger partial charge < -0.3 is 29.4 Å². The van der Waals surface area contributed by atoms with Crippen LogP contribution in [0.25, 0.3) is 0 Å². The van der Waals surface area contributed by atoms with E-state index < -0.39 is 11.9 Å². The number of hydrogen-bond acceptors (Lipinski definition) is 8. The third-order valence-corrected chi connectivity index (χ3v) is 7.73. The molecule has 0 bridgehead atoms. The van der Waals surface area contributed by atoms with Gasteiger partial charge in [-0.1, -0.05) is 66.0 Å². The first-order valence-corrected chi connectivity index (χ1v) is 15.0. The van der Waals surface area contributed by atoms with Gasteiger partial charge in [0.1, 0.15) is 29.7 Å². The average molecular weight is 666 g/mol. The second kappa shape index (κ2) is 14.0. The van der Waals surface area contributed by atoms with E-state index in [1.54, 1.807) is 36.4 Å². The fourth-order valence-electron chi connectivity index (χ4n) is 4.75. The number of carbonyl (C=O) groups is 1. The number of halogens is 3. The Labute approximate surface area is 275 Å². The molecule has 1 unspecified atom stereocenters. The van der Waals surface area contributed by atoms with E-state index in [0.29, 0.717) is 52.4 Å². The zero-order valence-electron chi connectivity index (χ0n) is 24.2. The van der Waals surface area contributed by atoms with Crippen molar-refractivity contribution in [3.8, 4) is 34.8 Å². The van der Waals surface area contributed by atoms with Crippen molar-refractivity contribution in [3.63, 3.8) is 0 Å². The Bertz CT molecular complexity index is 1800. The van der Waals surface area contributed by atoms with E-state index in [1.807, 2.05) is 25.1 Å². The van der Waals surface area contributed by atoms with Crippen molar-refractivity contribution in [2.45, 2.75) is 25.9 Å². The van der Waals surface area contributed by atoms with Gasteiger partial charge in [0.15, 0.2) is 17.2 Å². The number of methoxy groups -OCH3 is 1. The molecular weight excluding hydrogens is 639 g/mol. The Morgan fingerprint density at radius 2 is 1.69 bits per heavy atom. The lowest BCUT2D eigenvalue weighted by atomic mass is 9.83. The first kappa shape index (κ1) is 31.9. The van der Waals surface area contributed by atoms with Gasteiger partial charge in [-0.3, -0.25) is 0 Å². The molecule has 0 aliphatic carbocycles. The molecule has 0 saturated heterocycles. The minimum Gasteiger partial charge on any atom is -0.493 e. The smallest absolute Gasteiger partial charge is 0.343 e.